The average Bonchev–Trinajstić information content (AvgIpc) is 2.61. The van der Waals surface area contributed by atoms with Gasteiger partial charge in [-0.25, -0.2) is 4.98 Å². The number of aromatic nitrogens is 3. The highest BCUT2D eigenvalue weighted by molar-refractivity contribution is 7.98. The molecule has 2 rings (SSSR count). The molecular formula is C14H21N3S2. The molecule has 0 aliphatic heterocycles. The van der Waals surface area contributed by atoms with Crippen molar-refractivity contribution in [1.82, 2.24) is 14.1 Å². The first-order valence-electron chi connectivity index (χ1n) is 6.41. The summed E-state index contributed by atoms with van der Waals surface area (Å²) >= 11 is 7.51. The Morgan fingerprint density at radius 1 is 1.37 bits per heavy atom. The monoisotopic (exact) mass is 295 g/mol. The molecule has 5 heteroatoms. The molecule has 0 N–H and O–H groups in total. The molecule has 0 aliphatic carbocycles. The summed E-state index contributed by atoms with van der Waals surface area (Å²) in [5.74, 6) is 0. The van der Waals surface area contributed by atoms with Crippen LogP contribution in [-0.4, -0.2) is 20.4 Å². The summed E-state index contributed by atoms with van der Waals surface area (Å²) in [4.78, 5) is 4.57. The summed E-state index contributed by atoms with van der Waals surface area (Å²) in [5, 5.41) is 0.307. The van der Waals surface area contributed by atoms with Crippen LogP contribution in [0.5, 0.6) is 0 Å². The number of hydrogen-bond acceptors (Lipinski definition) is 3. The number of hydrogen-bond donors (Lipinski definition) is 0. The van der Waals surface area contributed by atoms with Crippen molar-refractivity contribution >= 4 is 35.1 Å². The normalized spacial score (nSPS) is 14.0. The fourth-order valence-electron chi connectivity index (χ4n) is 2.34. The first kappa shape index (κ1) is 14.6. The second-order valence-corrected chi connectivity index (χ2v) is 7.31. The van der Waals surface area contributed by atoms with E-state index >= 15 is 0 Å². The Bertz CT molecular complexity index is 662. The third-order valence-electron chi connectivity index (χ3n) is 3.33. The van der Waals surface area contributed by atoms with Crippen molar-refractivity contribution in [1.29, 1.82) is 0 Å². The molecule has 0 radical (unpaired) electrons. The van der Waals surface area contributed by atoms with Crippen LogP contribution in [-0.2, 0) is 5.54 Å². The minimum Gasteiger partial charge on any atom is -0.303 e. The highest BCUT2D eigenvalue weighted by Crippen LogP contribution is 2.31. The van der Waals surface area contributed by atoms with Crippen molar-refractivity contribution in [2.45, 2.75) is 45.5 Å². The van der Waals surface area contributed by atoms with E-state index in [1.807, 2.05) is 12.3 Å². The third-order valence-corrected chi connectivity index (χ3v) is 4.60. The van der Waals surface area contributed by atoms with Crippen LogP contribution in [0.2, 0.25) is 0 Å². The lowest BCUT2D eigenvalue weighted by molar-refractivity contribution is 0.396. The minimum absolute atomic E-state index is 0.0699. The fraction of sp³-hybridized carbons (Fsp3) is 0.571. The lowest BCUT2D eigenvalue weighted by Gasteiger charge is -2.21. The topological polar surface area (TPSA) is 22.8 Å². The molecule has 1 unspecified atom stereocenters. The van der Waals surface area contributed by atoms with Crippen LogP contribution in [0.3, 0.4) is 0 Å². The van der Waals surface area contributed by atoms with E-state index in [0.717, 1.165) is 15.9 Å². The quantitative estimate of drug-likeness (QED) is 0.761. The first-order chi connectivity index (χ1) is 8.79. The van der Waals surface area contributed by atoms with Crippen LogP contribution < -0.4 is 0 Å². The van der Waals surface area contributed by atoms with Crippen molar-refractivity contribution < 1.29 is 0 Å². The fourth-order valence-corrected chi connectivity index (χ4v) is 3.43. The van der Waals surface area contributed by atoms with E-state index in [0.29, 0.717) is 5.37 Å². The van der Waals surface area contributed by atoms with Crippen LogP contribution in [0.15, 0.2) is 12.3 Å². The lowest BCUT2D eigenvalue weighted by atomic mass is 10.1. The molecule has 3 nitrogen and oxygen atoms in total. The molecule has 0 saturated heterocycles. The van der Waals surface area contributed by atoms with Crippen molar-refractivity contribution in [3.63, 3.8) is 0 Å². The molecule has 0 bridgehead atoms. The van der Waals surface area contributed by atoms with Gasteiger partial charge in [0.1, 0.15) is 0 Å². The van der Waals surface area contributed by atoms with Gasteiger partial charge in [0.25, 0.3) is 0 Å². The number of nitrogens with zero attached hydrogens (tertiary/aromatic N) is 3. The lowest BCUT2D eigenvalue weighted by Crippen LogP contribution is -2.22. The van der Waals surface area contributed by atoms with Gasteiger partial charge in [0.15, 0.2) is 10.4 Å². The molecule has 104 valence electrons. The van der Waals surface area contributed by atoms with Crippen molar-refractivity contribution in [2.24, 2.45) is 0 Å². The Morgan fingerprint density at radius 2 is 2.00 bits per heavy atom. The smallest absolute Gasteiger partial charge is 0.183 e. The van der Waals surface area contributed by atoms with Crippen LogP contribution >= 0.6 is 24.0 Å². The van der Waals surface area contributed by atoms with Gasteiger partial charge < -0.3 is 4.57 Å². The second kappa shape index (κ2) is 4.94. The van der Waals surface area contributed by atoms with E-state index in [1.165, 1.54) is 5.56 Å². The molecule has 2 heterocycles. The predicted octanol–water partition coefficient (Wildman–Crippen LogP) is 4.51. The van der Waals surface area contributed by atoms with E-state index in [9.17, 15) is 0 Å². The number of rotatable bonds is 2. The predicted molar refractivity (Wildman–Crippen MR) is 86.5 cm³/mol. The van der Waals surface area contributed by atoms with Crippen LogP contribution in [0.25, 0.3) is 11.2 Å². The number of thioether (sulfide) groups is 1. The van der Waals surface area contributed by atoms with Gasteiger partial charge in [-0.3, -0.25) is 4.57 Å². The summed E-state index contributed by atoms with van der Waals surface area (Å²) in [6.45, 7) is 10.8. The zero-order chi connectivity index (χ0) is 14.4. The molecule has 19 heavy (non-hydrogen) atoms. The molecule has 0 amide bonds. The summed E-state index contributed by atoms with van der Waals surface area (Å²) < 4.78 is 5.24. The van der Waals surface area contributed by atoms with Gasteiger partial charge in [-0.1, -0.05) is 0 Å². The Balaban J connectivity index is 2.97. The van der Waals surface area contributed by atoms with Crippen LogP contribution in [0.1, 0.15) is 38.6 Å². The van der Waals surface area contributed by atoms with Crippen LogP contribution in [0.4, 0.5) is 0 Å². The molecule has 0 aliphatic rings. The number of imidazole rings is 1. The average molecular weight is 295 g/mol. The number of aryl methyl sites for hydroxylation is 1. The number of fused-ring (bicyclic) bond motifs is 1. The van der Waals surface area contributed by atoms with E-state index < -0.39 is 0 Å². The van der Waals surface area contributed by atoms with Crippen molar-refractivity contribution in [3.8, 4) is 0 Å². The molecular weight excluding hydrogens is 274 g/mol. The Morgan fingerprint density at radius 3 is 2.53 bits per heavy atom. The SMILES string of the molecule is CSC(C)n1c(=S)n(C(C)(C)C)c2nccc(C)c21. The molecule has 0 spiro atoms. The van der Waals surface area contributed by atoms with E-state index in [1.54, 1.807) is 11.8 Å². The molecule has 2 aromatic heterocycles. The summed E-state index contributed by atoms with van der Waals surface area (Å²) in [5.41, 5.74) is 3.29. The molecule has 0 fully saturated rings. The number of pyridine rings is 1. The maximum absolute atomic E-state index is 5.72. The largest absolute Gasteiger partial charge is 0.303 e. The molecule has 1 atom stereocenters. The first-order valence-corrected chi connectivity index (χ1v) is 8.10. The Labute approximate surface area is 124 Å². The summed E-state index contributed by atoms with van der Waals surface area (Å²) in [6.07, 6.45) is 3.97. The zero-order valence-electron chi connectivity index (χ0n) is 12.4. The van der Waals surface area contributed by atoms with Crippen LogP contribution in [0, 0.1) is 11.7 Å². The molecule has 0 aromatic carbocycles. The molecule has 0 saturated carbocycles. The third kappa shape index (κ3) is 2.34. The highest BCUT2D eigenvalue weighted by atomic mass is 32.2. The minimum atomic E-state index is -0.0699. The highest BCUT2D eigenvalue weighted by Gasteiger charge is 2.24. The molecule has 2 aromatic rings. The van der Waals surface area contributed by atoms with Gasteiger partial charge in [-0.15, -0.1) is 11.8 Å². The summed E-state index contributed by atoms with van der Waals surface area (Å²) in [6, 6.07) is 2.05. The van der Waals surface area contributed by atoms with Gasteiger partial charge in [-0.2, -0.15) is 0 Å². The summed E-state index contributed by atoms with van der Waals surface area (Å²) in [7, 11) is 0. The van der Waals surface area contributed by atoms with Crippen molar-refractivity contribution in [3.05, 3.63) is 22.6 Å². The van der Waals surface area contributed by atoms with Gasteiger partial charge in [0.2, 0.25) is 0 Å². The van der Waals surface area contributed by atoms with Crippen molar-refractivity contribution in [2.75, 3.05) is 6.26 Å². The maximum atomic E-state index is 5.72. The van der Waals surface area contributed by atoms with Gasteiger partial charge in [-0.05, 0) is 64.7 Å². The van der Waals surface area contributed by atoms with E-state index in [2.05, 4.69) is 55.0 Å². The van der Waals surface area contributed by atoms with E-state index in [4.69, 9.17) is 12.2 Å². The van der Waals surface area contributed by atoms with E-state index in [-0.39, 0.29) is 5.54 Å². The Kier molecular flexibility index (Phi) is 3.80. The van der Waals surface area contributed by atoms with Gasteiger partial charge in [0.05, 0.1) is 10.9 Å². The Hall–Kier alpha value is -0.810. The second-order valence-electron chi connectivity index (χ2n) is 5.79. The van der Waals surface area contributed by atoms with Gasteiger partial charge in [0, 0.05) is 11.7 Å². The zero-order valence-corrected chi connectivity index (χ0v) is 14.0. The standard InChI is InChI=1S/C14H21N3S2/c1-9-7-8-15-12-11(9)16(10(2)19-6)13(18)17(12)14(3,4)5/h7-8,10H,1-6H3. The van der Waals surface area contributed by atoms with Gasteiger partial charge >= 0.3 is 0 Å². The maximum Gasteiger partial charge on any atom is 0.183 e.